The molecule has 0 unspecified atom stereocenters. The van der Waals surface area contributed by atoms with Crippen LogP contribution in [0.4, 0.5) is 0 Å². The molecule has 3 fully saturated rings. The molecule has 1 N–H and O–H groups in total. The average Bonchev–Trinajstić information content (AvgIpc) is 3.34. The summed E-state index contributed by atoms with van der Waals surface area (Å²) in [4.78, 5) is 28.5. The van der Waals surface area contributed by atoms with Crippen molar-refractivity contribution in [1.82, 2.24) is 10.2 Å². The molecular weight excluding hydrogens is 400 g/mol. The molecule has 0 aromatic heterocycles. The molecule has 0 radical (unpaired) electrons. The van der Waals surface area contributed by atoms with Gasteiger partial charge >= 0.3 is 0 Å². The van der Waals surface area contributed by atoms with Gasteiger partial charge in [-0.25, -0.2) is 0 Å². The van der Waals surface area contributed by atoms with Gasteiger partial charge in [-0.2, -0.15) is 0 Å². The first-order valence-electron chi connectivity index (χ1n) is 11.3. The number of likely N-dealkylation sites (tertiary alicyclic amines) is 1. The van der Waals surface area contributed by atoms with E-state index >= 15 is 0 Å². The van der Waals surface area contributed by atoms with E-state index in [-0.39, 0.29) is 24.0 Å². The fourth-order valence-corrected chi connectivity index (χ4v) is 5.94. The Labute approximate surface area is 182 Å². The molecule has 2 amide bonds. The van der Waals surface area contributed by atoms with Crippen molar-refractivity contribution in [1.29, 1.82) is 0 Å². The number of amides is 2. The number of benzene rings is 1. The van der Waals surface area contributed by atoms with Gasteiger partial charge in [-0.3, -0.25) is 9.59 Å². The lowest BCUT2D eigenvalue weighted by Crippen LogP contribution is -2.47. The van der Waals surface area contributed by atoms with Crippen LogP contribution in [0.5, 0.6) is 0 Å². The van der Waals surface area contributed by atoms with Crippen LogP contribution in [-0.4, -0.2) is 41.0 Å². The van der Waals surface area contributed by atoms with Crippen molar-refractivity contribution in [2.45, 2.75) is 69.2 Å². The van der Waals surface area contributed by atoms with Crippen LogP contribution >= 0.6 is 11.6 Å². The maximum atomic E-state index is 13.4. The smallest absolute Gasteiger partial charge is 0.230 e. The van der Waals surface area contributed by atoms with E-state index in [9.17, 15) is 9.59 Å². The predicted molar refractivity (Wildman–Crippen MR) is 115 cm³/mol. The first-order chi connectivity index (χ1) is 14.6. The molecule has 4 atom stereocenters. The van der Waals surface area contributed by atoms with E-state index in [1.807, 2.05) is 36.4 Å². The fourth-order valence-electron chi connectivity index (χ4n) is 5.74. The van der Waals surface area contributed by atoms with Gasteiger partial charge in [-0.15, -0.1) is 0 Å². The molecule has 30 heavy (non-hydrogen) atoms. The fraction of sp³-hybridized carbons (Fsp3) is 0.583. The Balaban J connectivity index is 1.32. The van der Waals surface area contributed by atoms with Crippen molar-refractivity contribution >= 4 is 23.4 Å². The number of hydrogen-bond acceptors (Lipinski definition) is 3. The van der Waals surface area contributed by atoms with Gasteiger partial charge in [0, 0.05) is 17.6 Å². The Bertz CT molecular complexity index is 864. The SMILES string of the molecule is O=C(NC1CCCCCCC1)[C@@H]1[C@H]2C=C[C@@]3(CN(Cc4ccccc4Cl)C(=O)[C@@H]13)O2. The van der Waals surface area contributed by atoms with Gasteiger partial charge in [0.2, 0.25) is 11.8 Å². The summed E-state index contributed by atoms with van der Waals surface area (Å²) >= 11 is 6.31. The molecule has 4 aliphatic rings. The summed E-state index contributed by atoms with van der Waals surface area (Å²) < 4.78 is 6.25. The second-order valence-electron chi connectivity index (χ2n) is 9.24. The number of rotatable bonds is 4. The second kappa shape index (κ2) is 8.01. The molecule has 5 rings (SSSR count). The lowest BCUT2D eigenvalue weighted by molar-refractivity contribution is -0.138. The van der Waals surface area contributed by atoms with E-state index in [2.05, 4.69) is 5.32 Å². The van der Waals surface area contributed by atoms with Gasteiger partial charge in [0.1, 0.15) is 5.60 Å². The van der Waals surface area contributed by atoms with E-state index in [0.29, 0.717) is 18.1 Å². The highest BCUT2D eigenvalue weighted by Crippen LogP contribution is 2.52. The standard InChI is InChI=1S/C24H29ClN2O3/c25-18-11-7-6-8-16(18)14-27-15-24-13-12-19(30-24)20(21(24)23(27)29)22(28)26-17-9-4-2-1-3-5-10-17/h6-8,11-13,17,19-21H,1-5,9-10,14-15H2,(H,26,28)/t19-,20-,21-,24+/m1/s1. The molecule has 3 heterocycles. The number of nitrogens with one attached hydrogen (secondary N) is 1. The lowest BCUT2D eigenvalue weighted by Gasteiger charge is -2.27. The third-order valence-corrected chi connectivity index (χ3v) is 7.62. The molecule has 2 saturated heterocycles. The van der Waals surface area contributed by atoms with Crippen molar-refractivity contribution in [3.8, 4) is 0 Å². The van der Waals surface area contributed by atoms with Gasteiger partial charge in [-0.1, -0.05) is 74.1 Å². The summed E-state index contributed by atoms with van der Waals surface area (Å²) in [6.07, 6.45) is 11.8. The van der Waals surface area contributed by atoms with Crippen LogP contribution in [0.15, 0.2) is 36.4 Å². The highest BCUT2D eigenvalue weighted by atomic mass is 35.5. The van der Waals surface area contributed by atoms with Crippen molar-refractivity contribution in [3.05, 3.63) is 47.0 Å². The summed E-state index contributed by atoms with van der Waals surface area (Å²) in [7, 11) is 0. The summed E-state index contributed by atoms with van der Waals surface area (Å²) in [5.74, 6) is -0.901. The molecule has 1 spiro atoms. The topological polar surface area (TPSA) is 58.6 Å². The first kappa shape index (κ1) is 20.1. The van der Waals surface area contributed by atoms with Crippen LogP contribution in [0.1, 0.15) is 50.5 Å². The van der Waals surface area contributed by atoms with E-state index in [1.54, 1.807) is 4.90 Å². The van der Waals surface area contributed by atoms with Crippen molar-refractivity contribution in [3.63, 3.8) is 0 Å². The predicted octanol–water partition coefficient (Wildman–Crippen LogP) is 3.85. The molecule has 3 aliphatic heterocycles. The van der Waals surface area contributed by atoms with E-state index in [0.717, 1.165) is 31.2 Å². The van der Waals surface area contributed by atoms with E-state index in [1.165, 1.54) is 19.3 Å². The molecule has 6 heteroatoms. The van der Waals surface area contributed by atoms with Crippen LogP contribution in [0.25, 0.3) is 0 Å². The number of ether oxygens (including phenoxy) is 1. The first-order valence-corrected chi connectivity index (χ1v) is 11.6. The van der Waals surface area contributed by atoms with Crippen LogP contribution in [-0.2, 0) is 20.9 Å². The number of nitrogens with zero attached hydrogens (tertiary/aromatic N) is 1. The Hall–Kier alpha value is -1.85. The molecule has 2 bridgehead atoms. The van der Waals surface area contributed by atoms with Gasteiger partial charge < -0.3 is 15.0 Å². The number of fused-ring (bicyclic) bond motifs is 1. The van der Waals surface area contributed by atoms with E-state index < -0.39 is 17.4 Å². The van der Waals surface area contributed by atoms with Crippen molar-refractivity contribution in [2.24, 2.45) is 11.8 Å². The average molecular weight is 429 g/mol. The normalized spacial score (nSPS) is 33.4. The Kier molecular flexibility index (Phi) is 5.36. The number of carbonyl (C=O) groups excluding carboxylic acids is 2. The van der Waals surface area contributed by atoms with Gasteiger partial charge in [0.15, 0.2) is 0 Å². The highest BCUT2D eigenvalue weighted by Gasteiger charge is 2.66. The lowest BCUT2D eigenvalue weighted by atomic mass is 9.76. The molecular formula is C24H29ClN2O3. The summed E-state index contributed by atoms with van der Waals surface area (Å²) in [5, 5.41) is 3.92. The molecule has 160 valence electrons. The molecule has 1 aromatic carbocycles. The van der Waals surface area contributed by atoms with Crippen LogP contribution in [0.2, 0.25) is 5.02 Å². The largest absolute Gasteiger partial charge is 0.360 e. The second-order valence-corrected chi connectivity index (χ2v) is 9.64. The van der Waals surface area contributed by atoms with Crippen molar-refractivity contribution < 1.29 is 14.3 Å². The third-order valence-electron chi connectivity index (χ3n) is 7.25. The minimum atomic E-state index is -0.675. The Morgan fingerprint density at radius 3 is 2.67 bits per heavy atom. The quantitative estimate of drug-likeness (QED) is 0.741. The zero-order valence-electron chi connectivity index (χ0n) is 17.2. The van der Waals surface area contributed by atoms with E-state index in [4.69, 9.17) is 16.3 Å². The summed E-state index contributed by atoms with van der Waals surface area (Å²) in [6, 6.07) is 7.80. The monoisotopic (exact) mass is 428 g/mol. The van der Waals surface area contributed by atoms with Crippen LogP contribution < -0.4 is 5.32 Å². The van der Waals surface area contributed by atoms with Crippen molar-refractivity contribution in [2.75, 3.05) is 6.54 Å². The zero-order valence-corrected chi connectivity index (χ0v) is 17.9. The minimum absolute atomic E-state index is 0.000383. The van der Waals surface area contributed by atoms with Gasteiger partial charge in [0.05, 0.1) is 24.5 Å². The minimum Gasteiger partial charge on any atom is -0.360 e. The maximum Gasteiger partial charge on any atom is 0.230 e. The maximum absolute atomic E-state index is 13.4. The Morgan fingerprint density at radius 2 is 1.90 bits per heavy atom. The Morgan fingerprint density at radius 1 is 1.17 bits per heavy atom. The number of hydrogen-bond donors (Lipinski definition) is 1. The molecule has 1 aromatic rings. The highest BCUT2D eigenvalue weighted by molar-refractivity contribution is 6.31. The van der Waals surface area contributed by atoms with Crippen LogP contribution in [0, 0.1) is 11.8 Å². The molecule has 5 nitrogen and oxygen atoms in total. The number of carbonyl (C=O) groups is 2. The third kappa shape index (κ3) is 3.46. The summed E-state index contributed by atoms with van der Waals surface area (Å²) in [6.45, 7) is 0.914. The number of halogens is 1. The van der Waals surface area contributed by atoms with Gasteiger partial charge in [-0.05, 0) is 24.5 Å². The summed E-state index contributed by atoms with van der Waals surface area (Å²) in [5.41, 5.74) is 0.240. The zero-order chi connectivity index (χ0) is 20.7. The molecule has 1 saturated carbocycles. The molecule has 1 aliphatic carbocycles. The van der Waals surface area contributed by atoms with Gasteiger partial charge in [0.25, 0.3) is 0 Å². The van der Waals surface area contributed by atoms with Crippen LogP contribution in [0.3, 0.4) is 0 Å².